The summed E-state index contributed by atoms with van der Waals surface area (Å²) in [4.78, 5) is 15.0. The fourth-order valence-corrected chi connectivity index (χ4v) is 3.77. The summed E-state index contributed by atoms with van der Waals surface area (Å²) in [6.07, 6.45) is 2.45. The number of benzene rings is 2. The van der Waals surface area contributed by atoms with Gasteiger partial charge in [0, 0.05) is 18.0 Å². The lowest BCUT2D eigenvalue weighted by molar-refractivity contribution is -0.127. The highest BCUT2D eigenvalue weighted by Gasteiger charge is 2.26. The third-order valence-corrected chi connectivity index (χ3v) is 5.55. The van der Waals surface area contributed by atoms with Crippen LogP contribution in [-0.2, 0) is 11.3 Å². The van der Waals surface area contributed by atoms with Gasteiger partial charge in [-0.25, -0.2) is 4.39 Å². The number of piperidine rings is 1. The Hall–Kier alpha value is -2.40. The molecule has 150 valence electrons. The summed E-state index contributed by atoms with van der Waals surface area (Å²) in [6.45, 7) is 4.30. The van der Waals surface area contributed by atoms with Crippen molar-refractivity contribution >= 4 is 5.91 Å². The van der Waals surface area contributed by atoms with E-state index in [-0.39, 0.29) is 23.7 Å². The molecule has 1 aliphatic heterocycles. The van der Waals surface area contributed by atoms with Crippen LogP contribution in [0, 0.1) is 11.7 Å². The maximum atomic E-state index is 13.8. The van der Waals surface area contributed by atoms with Crippen LogP contribution >= 0.6 is 0 Å². The molecule has 1 atom stereocenters. The van der Waals surface area contributed by atoms with Gasteiger partial charge in [0.05, 0.1) is 13.2 Å². The molecule has 0 aromatic heterocycles. The lowest BCUT2D eigenvalue weighted by Crippen LogP contribution is -2.41. The number of ether oxygens (including phenoxy) is 1. The van der Waals surface area contributed by atoms with Crippen molar-refractivity contribution in [2.45, 2.75) is 38.8 Å². The summed E-state index contributed by atoms with van der Waals surface area (Å²) >= 11 is 0. The third kappa shape index (κ3) is 5.10. The minimum Gasteiger partial charge on any atom is -0.497 e. The number of amides is 1. The van der Waals surface area contributed by atoms with Crippen molar-refractivity contribution in [2.24, 2.45) is 5.92 Å². The van der Waals surface area contributed by atoms with E-state index in [9.17, 15) is 9.18 Å². The van der Waals surface area contributed by atoms with Gasteiger partial charge in [-0.1, -0.05) is 37.3 Å². The van der Waals surface area contributed by atoms with Gasteiger partial charge < -0.3 is 10.1 Å². The average Bonchev–Trinajstić information content (AvgIpc) is 2.74. The highest BCUT2D eigenvalue weighted by molar-refractivity contribution is 5.79. The van der Waals surface area contributed by atoms with E-state index in [1.54, 1.807) is 13.2 Å². The van der Waals surface area contributed by atoms with Gasteiger partial charge in [-0.2, -0.15) is 0 Å². The molecule has 28 heavy (non-hydrogen) atoms. The highest BCUT2D eigenvalue weighted by Crippen LogP contribution is 2.24. The van der Waals surface area contributed by atoms with Crippen molar-refractivity contribution in [3.63, 3.8) is 0 Å². The molecular formula is C23H29FN2O2. The maximum Gasteiger partial charge on any atom is 0.223 e. The van der Waals surface area contributed by atoms with Crippen molar-refractivity contribution in [3.8, 4) is 5.75 Å². The smallest absolute Gasteiger partial charge is 0.223 e. The number of methoxy groups -OCH3 is 1. The second kappa shape index (κ2) is 9.69. The second-order valence-electron chi connectivity index (χ2n) is 7.38. The first kappa shape index (κ1) is 20.3. The summed E-state index contributed by atoms with van der Waals surface area (Å²) in [5.74, 6) is 0.789. The van der Waals surface area contributed by atoms with E-state index in [0.717, 1.165) is 49.2 Å². The van der Waals surface area contributed by atoms with Crippen LogP contribution in [0.2, 0.25) is 0 Å². The van der Waals surface area contributed by atoms with Crippen LogP contribution in [0.3, 0.4) is 0 Å². The molecule has 1 saturated heterocycles. The molecule has 0 spiro atoms. The van der Waals surface area contributed by atoms with Crippen molar-refractivity contribution in [1.82, 2.24) is 10.2 Å². The number of hydrogen-bond donors (Lipinski definition) is 1. The number of likely N-dealkylation sites (tertiary alicyclic amines) is 1. The normalized spacial score (nSPS) is 16.5. The van der Waals surface area contributed by atoms with E-state index in [1.807, 2.05) is 36.4 Å². The average molecular weight is 384 g/mol. The summed E-state index contributed by atoms with van der Waals surface area (Å²) in [6, 6.07) is 14.8. The minimum atomic E-state index is -0.160. The first-order chi connectivity index (χ1) is 13.6. The van der Waals surface area contributed by atoms with Crippen LogP contribution in [0.5, 0.6) is 5.75 Å². The Morgan fingerprint density at radius 1 is 1.18 bits per heavy atom. The lowest BCUT2D eigenvalue weighted by atomic mass is 9.94. The Kier molecular flexibility index (Phi) is 7.04. The van der Waals surface area contributed by atoms with Crippen LogP contribution in [0.4, 0.5) is 4.39 Å². The lowest BCUT2D eigenvalue weighted by Gasteiger charge is -2.32. The molecule has 0 aliphatic carbocycles. The van der Waals surface area contributed by atoms with Gasteiger partial charge in [0.2, 0.25) is 5.91 Å². The van der Waals surface area contributed by atoms with Crippen molar-refractivity contribution in [1.29, 1.82) is 0 Å². The van der Waals surface area contributed by atoms with Gasteiger partial charge >= 0.3 is 0 Å². The van der Waals surface area contributed by atoms with E-state index >= 15 is 0 Å². The van der Waals surface area contributed by atoms with E-state index in [4.69, 9.17) is 4.74 Å². The van der Waals surface area contributed by atoms with Crippen LogP contribution in [0.15, 0.2) is 48.5 Å². The van der Waals surface area contributed by atoms with E-state index < -0.39 is 0 Å². The van der Waals surface area contributed by atoms with Crippen LogP contribution in [-0.4, -0.2) is 31.0 Å². The van der Waals surface area contributed by atoms with Gasteiger partial charge in [-0.05, 0) is 56.1 Å². The van der Waals surface area contributed by atoms with Crippen molar-refractivity contribution in [3.05, 3.63) is 65.5 Å². The molecule has 1 heterocycles. The Morgan fingerprint density at radius 3 is 2.46 bits per heavy atom. The molecule has 5 heteroatoms. The van der Waals surface area contributed by atoms with Gasteiger partial charge in [0.25, 0.3) is 0 Å². The minimum absolute atomic E-state index is 0.00912. The molecule has 1 fully saturated rings. The Morgan fingerprint density at radius 2 is 1.86 bits per heavy atom. The number of halogens is 1. The standard InChI is InChI=1S/C23H29FN2O2/c1-3-22(17-8-10-20(28-2)11-9-17)25-23(27)18-12-14-26(15-13-18)16-19-6-4-5-7-21(19)24/h4-11,18,22H,3,12-16H2,1-2H3,(H,25,27)/t22-/m1/s1. The molecule has 1 N–H and O–H groups in total. The molecule has 0 bridgehead atoms. The number of carbonyl (C=O) groups excluding carboxylic acids is 1. The van der Waals surface area contributed by atoms with Crippen molar-refractivity contribution in [2.75, 3.05) is 20.2 Å². The summed E-state index contributed by atoms with van der Waals surface area (Å²) in [7, 11) is 1.65. The number of nitrogens with one attached hydrogen (secondary N) is 1. The summed E-state index contributed by atoms with van der Waals surface area (Å²) in [5, 5.41) is 3.21. The number of nitrogens with zero attached hydrogens (tertiary/aromatic N) is 1. The summed E-state index contributed by atoms with van der Waals surface area (Å²) in [5.41, 5.74) is 1.81. The maximum absolute atomic E-state index is 13.8. The van der Waals surface area contributed by atoms with Gasteiger partial charge in [0.1, 0.15) is 11.6 Å². The summed E-state index contributed by atoms with van der Waals surface area (Å²) < 4.78 is 19.0. The number of rotatable bonds is 7. The Bertz CT molecular complexity index is 770. The van der Waals surface area contributed by atoms with Crippen LogP contribution < -0.4 is 10.1 Å². The molecule has 0 radical (unpaired) electrons. The molecule has 0 saturated carbocycles. The fourth-order valence-electron chi connectivity index (χ4n) is 3.77. The first-order valence-corrected chi connectivity index (χ1v) is 10.0. The number of carbonyl (C=O) groups is 1. The Balaban J connectivity index is 1.51. The molecule has 0 unspecified atom stereocenters. The highest BCUT2D eigenvalue weighted by atomic mass is 19.1. The quantitative estimate of drug-likeness (QED) is 0.773. The fraction of sp³-hybridized carbons (Fsp3) is 0.435. The largest absolute Gasteiger partial charge is 0.497 e. The van der Waals surface area contributed by atoms with Gasteiger partial charge in [-0.15, -0.1) is 0 Å². The third-order valence-electron chi connectivity index (χ3n) is 5.55. The Labute approximate surface area is 166 Å². The molecule has 3 rings (SSSR count). The van der Waals surface area contributed by atoms with Crippen LogP contribution in [0.1, 0.15) is 43.4 Å². The molecule has 4 nitrogen and oxygen atoms in total. The first-order valence-electron chi connectivity index (χ1n) is 10.0. The van der Waals surface area contributed by atoms with Crippen molar-refractivity contribution < 1.29 is 13.9 Å². The van der Waals surface area contributed by atoms with E-state index in [2.05, 4.69) is 17.1 Å². The predicted octanol–water partition coefficient (Wildman–Crippen LogP) is 4.31. The zero-order valence-electron chi connectivity index (χ0n) is 16.7. The molecular weight excluding hydrogens is 355 g/mol. The monoisotopic (exact) mass is 384 g/mol. The van der Waals surface area contributed by atoms with E-state index in [1.165, 1.54) is 6.07 Å². The van der Waals surface area contributed by atoms with E-state index in [0.29, 0.717) is 6.54 Å². The topological polar surface area (TPSA) is 41.6 Å². The zero-order valence-corrected chi connectivity index (χ0v) is 16.7. The van der Waals surface area contributed by atoms with Gasteiger partial charge in [-0.3, -0.25) is 9.69 Å². The molecule has 1 aliphatic rings. The molecule has 1 amide bonds. The molecule has 2 aromatic carbocycles. The van der Waals surface area contributed by atoms with Gasteiger partial charge in [0.15, 0.2) is 0 Å². The van der Waals surface area contributed by atoms with Crippen LogP contribution in [0.25, 0.3) is 0 Å². The second-order valence-corrected chi connectivity index (χ2v) is 7.38. The zero-order chi connectivity index (χ0) is 19.9. The number of hydrogen-bond acceptors (Lipinski definition) is 3. The SMILES string of the molecule is CC[C@@H](NC(=O)C1CCN(Cc2ccccc2F)CC1)c1ccc(OC)cc1. The predicted molar refractivity (Wildman–Crippen MR) is 109 cm³/mol. The molecule has 2 aromatic rings.